The molecule has 64 heavy (non-hydrogen) atoms. The molecule has 0 aliphatic carbocycles. The molecule has 1 heterocycles. The third-order valence-corrected chi connectivity index (χ3v) is 13.0. The quantitative estimate of drug-likeness (QED) is 0.0339. The van der Waals surface area contributed by atoms with Crippen LogP contribution >= 0.6 is 0 Å². The Morgan fingerprint density at radius 3 is 1.06 bits per heavy atom. The van der Waals surface area contributed by atoms with E-state index >= 15 is 0 Å². The number of hydrogen-bond acceptors (Lipinski definition) is 10. The molecule has 0 bridgehead atoms. The van der Waals surface area contributed by atoms with E-state index in [4.69, 9.17) is 18.9 Å². The highest BCUT2D eigenvalue weighted by molar-refractivity contribution is 5.73. The minimum absolute atomic E-state index is 0.192. The van der Waals surface area contributed by atoms with Crippen LogP contribution in [0.25, 0.3) is 0 Å². The Kier molecular flexibility index (Phi) is 41.2. The lowest BCUT2D eigenvalue weighted by Gasteiger charge is -2.38. The van der Waals surface area contributed by atoms with E-state index in [1.165, 1.54) is 193 Å². The maximum atomic E-state index is 12.8. The molecule has 1 rings (SSSR count). The number of carbonyl (C=O) groups excluding carboxylic acids is 2. The van der Waals surface area contributed by atoms with E-state index in [9.17, 15) is 34.8 Å². The average Bonchev–Trinajstić information content (AvgIpc) is 3.28. The number of ether oxygens (including phenoxy) is 4. The molecule has 6 unspecified atom stereocenters. The van der Waals surface area contributed by atoms with Crippen LogP contribution in [-0.4, -0.2) is 88.4 Å². The highest BCUT2D eigenvalue weighted by Crippen LogP contribution is 2.23. The van der Waals surface area contributed by atoms with E-state index in [0.717, 1.165) is 38.5 Å². The smallest absolute Gasteiger partial charge is 0.335 e. The number of carboxylic acids is 1. The molecule has 0 amide bonds. The molecule has 6 atom stereocenters. The Bertz CT molecular complexity index is 1070. The number of aliphatic carboxylic acids is 1. The molecular formula is C53H100O11. The lowest BCUT2D eigenvalue weighted by atomic mass is 9.99. The number of esters is 2. The summed E-state index contributed by atoms with van der Waals surface area (Å²) in [4.78, 5) is 37.0. The van der Waals surface area contributed by atoms with Crippen LogP contribution < -0.4 is 0 Å². The van der Waals surface area contributed by atoms with Crippen molar-refractivity contribution in [2.24, 2.45) is 0 Å². The lowest BCUT2D eigenvalue weighted by molar-refractivity contribution is -0.298. The van der Waals surface area contributed by atoms with Gasteiger partial charge in [-0.05, 0) is 12.8 Å². The van der Waals surface area contributed by atoms with Gasteiger partial charge in [-0.3, -0.25) is 9.59 Å². The number of carbonyl (C=O) groups is 3. The number of carboxylic acid groups (broad SMARTS) is 1. The van der Waals surface area contributed by atoms with Crippen molar-refractivity contribution in [2.75, 3.05) is 13.2 Å². The fourth-order valence-electron chi connectivity index (χ4n) is 8.71. The Labute approximate surface area is 391 Å². The molecule has 1 fully saturated rings. The summed E-state index contributed by atoms with van der Waals surface area (Å²) in [5.74, 6) is -2.41. The van der Waals surface area contributed by atoms with Crippen LogP contribution in [0.15, 0.2) is 0 Å². The SMILES string of the molecule is CCCCCCCCCCCCCCCCCCCCCC(=O)OCC(COC1OC(C(=O)O)C(O)C(O)C1O)OC(=O)CCCCCCCCCCCCCCCCCCCCC. The molecular weight excluding hydrogens is 813 g/mol. The molecule has 1 saturated heterocycles. The standard InChI is InChI=1S/C53H100O11/c1-3-5-7-9-11-13-15-17-19-21-23-25-27-29-31-33-35-37-39-41-46(54)61-43-45(44-62-53-50(58)48(56)49(57)51(64-53)52(59)60)63-47(55)42-40-38-36-34-32-30-28-26-24-22-20-18-16-14-12-10-8-6-4-2/h45,48-51,53,56-58H,3-44H2,1-2H3,(H,59,60). The van der Waals surface area contributed by atoms with Crippen molar-refractivity contribution in [3.8, 4) is 0 Å². The summed E-state index contributed by atoms with van der Waals surface area (Å²) in [5, 5.41) is 40.0. The van der Waals surface area contributed by atoms with Crippen LogP contribution in [-0.2, 0) is 33.3 Å². The summed E-state index contributed by atoms with van der Waals surface area (Å²) in [6.45, 7) is 3.88. The van der Waals surface area contributed by atoms with Gasteiger partial charge in [0.05, 0.1) is 6.61 Å². The second-order valence-corrected chi connectivity index (χ2v) is 19.1. The van der Waals surface area contributed by atoms with E-state index in [0.29, 0.717) is 12.8 Å². The molecule has 0 spiro atoms. The molecule has 0 aromatic carbocycles. The maximum absolute atomic E-state index is 12.8. The number of unbranched alkanes of at least 4 members (excludes halogenated alkanes) is 36. The first-order valence-electron chi connectivity index (χ1n) is 27.1. The van der Waals surface area contributed by atoms with E-state index < -0.39 is 54.7 Å². The van der Waals surface area contributed by atoms with Gasteiger partial charge in [0.25, 0.3) is 0 Å². The largest absolute Gasteiger partial charge is 0.479 e. The summed E-state index contributed by atoms with van der Waals surface area (Å²) in [7, 11) is 0. The van der Waals surface area contributed by atoms with Gasteiger partial charge in [-0.25, -0.2) is 4.79 Å². The number of aliphatic hydroxyl groups excluding tert-OH is 3. The minimum atomic E-state index is -1.86. The lowest BCUT2D eigenvalue weighted by Crippen LogP contribution is -2.60. The highest BCUT2D eigenvalue weighted by Gasteiger charge is 2.47. The van der Waals surface area contributed by atoms with Gasteiger partial charge < -0.3 is 39.4 Å². The third-order valence-electron chi connectivity index (χ3n) is 13.0. The monoisotopic (exact) mass is 913 g/mol. The predicted octanol–water partition coefficient (Wildman–Crippen LogP) is 13.0. The van der Waals surface area contributed by atoms with Crippen molar-refractivity contribution in [3.63, 3.8) is 0 Å². The van der Waals surface area contributed by atoms with E-state index in [-0.39, 0.29) is 26.1 Å². The van der Waals surface area contributed by atoms with Gasteiger partial charge in [-0.1, -0.05) is 245 Å². The van der Waals surface area contributed by atoms with Crippen LogP contribution in [0.2, 0.25) is 0 Å². The minimum Gasteiger partial charge on any atom is -0.479 e. The predicted molar refractivity (Wildman–Crippen MR) is 257 cm³/mol. The van der Waals surface area contributed by atoms with Gasteiger partial charge in [0.1, 0.15) is 24.9 Å². The molecule has 1 aliphatic heterocycles. The third kappa shape index (κ3) is 34.5. The summed E-state index contributed by atoms with van der Waals surface area (Å²) in [6.07, 6.45) is 38.7. The van der Waals surface area contributed by atoms with E-state index in [1.54, 1.807) is 0 Å². The topological polar surface area (TPSA) is 169 Å². The maximum Gasteiger partial charge on any atom is 0.335 e. The number of aliphatic hydroxyl groups is 3. The zero-order valence-electron chi connectivity index (χ0n) is 41.3. The van der Waals surface area contributed by atoms with Crippen molar-refractivity contribution in [3.05, 3.63) is 0 Å². The van der Waals surface area contributed by atoms with Crippen LogP contribution in [0, 0.1) is 0 Å². The molecule has 0 aromatic rings. The van der Waals surface area contributed by atoms with Crippen LogP contribution in [0.5, 0.6) is 0 Å². The first-order valence-corrected chi connectivity index (χ1v) is 27.1. The first-order chi connectivity index (χ1) is 31.2. The Morgan fingerprint density at radius 2 is 0.734 bits per heavy atom. The summed E-state index contributed by atoms with van der Waals surface area (Å²) >= 11 is 0. The Balaban J connectivity index is 2.25. The van der Waals surface area contributed by atoms with Gasteiger partial charge in [0.15, 0.2) is 18.5 Å². The molecule has 4 N–H and O–H groups in total. The molecule has 1 aliphatic rings. The zero-order chi connectivity index (χ0) is 46.7. The molecule has 0 saturated carbocycles. The van der Waals surface area contributed by atoms with E-state index in [2.05, 4.69) is 13.8 Å². The molecule has 0 aromatic heterocycles. The van der Waals surface area contributed by atoms with E-state index in [1.807, 2.05) is 0 Å². The average molecular weight is 913 g/mol. The van der Waals surface area contributed by atoms with Gasteiger partial charge in [0, 0.05) is 12.8 Å². The van der Waals surface area contributed by atoms with Gasteiger partial charge in [-0.15, -0.1) is 0 Å². The fraction of sp³-hybridized carbons (Fsp3) is 0.943. The second kappa shape index (κ2) is 43.8. The van der Waals surface area contributed by atoms with Crippen molar-refractivity contribution in [2.45, 2.75) is 307 Å². The first kappa shape index (κ1) is 60.2. The Morgan fingerprint density at radius 1 is 0.422 bits per heavy atom. The highest BCUT2D eigenvalue weighted by atomic mass is 16.7. The zero-order valence-corrected chi connectivity index (χ0v) is 41.3. The number of hydrogen-bond donors (Lipinski definition) is 4. The van der Waals surface area contributed by atoms with Crippen LogP contribution in [0.3, 0.4) is 0 Å². The number of rotatable bonds is 47. The molecule has 11 nitrogen and oxygen atoms in total. The normalized spacial score (nSPS) is 19.2. The van der Waals surface area contributed by atoms with Crippen molar-refractivity contribution < 1.29 is 53.8 Å². The van der Waals surface area contributed by atoms with Crippen LogP contribution in [0.1, 0.15) is 271 Å². The van der Waals surface area contributed by atoms with Crippen molar-refractivity contribution in [1.82, 2.24) is 0 Å². The summed E-state index contributed by atoms with van der Waals surface area (Å²) in [5.41, 5.74) is 0. The summed E-state index contributed by atoms with van der Waals surface area (Å²) in [6, 6.07) is 0. The van der Waals surface area contributed by atoms with Crippen molar-refractivity contribution in [1.29, 1.82) is 0 Å². The second-order valence-electron chi connectivity index (χ2n) is 19.1. The van der Waals surface area contributed by atoms with Gasteiger partial charge >= 0.3 is 17.9 Å². The van der Waals surface area contributed by atoms with Gasteiger partial charge in [-0.2, -0.15) is 0 Å². The Hall–Kier alpha value is -1.79. The molecule has 378 valence electrons. The molecule has 0 radical (unpaired) electrons. The van der Waals surface area contributed by atoms with Crippen molar-refractivity contribution >= 4 is 17.9 Å². The summed E-state index contributed by atoms with van der Waals surface area (Å²) < 4.78 is 21.9. The molecule has 11 heteroatoms. The van der Waals surface area contributed by atoms with Gasteiger partial charge in [0.2, 0.25) is 0 Å². The van der Waals surface area contributed by atoms with Crippen LogP contribution in [0.4, 0.5) is 0 Å². The fourth-order valence-corrected chi connectivity index (χ4v) is 8.71.